The van der Waals surface area contributed by atoms with Crippen molar-refractivity contribution in [1.29, 1.82) is 0 Å². The van der Waals surface area contributed by atoms with Crippen molar-refractivity contribution in [3.63, 3.8) is 0 Å². The number of hydrogen-bond acceptors (Lipinski definition) is 16. The summed E-state index contributed by atoms with van der Waals surface area (Å²) in [5, 5.41) is 18.5. The molecule has 4 aliphatic carbocycles. The third-order valence-electron chi connectivity index (χ3n) is 21.5. The quantitative estimate of drug-likeness (QED) is 0.0195. The molecule has 554 valence electrons. The van der Waals surface area contributed by atoms with Gasteiger partial charge < -0.3 is 38.1 Å². The second kappa shape index (κ2) is 33.0. The largest absolute Gasteiger partial charge is 0.496 e. The van der Waals surface area contributed by atoms with Crippen molar-refractivity contribution in [2.75, 3.05) is 63.2 Å². The zero-order chi connectivity index (χ0) is 72.9. The highest BCUT2D eigenvalue weighted by molar-refractivity contribution is 14.1. The first-order chi connectivity index (χ1) is 48.2. The average Bonchev–Trinajstić information content (AvgIpc) is 1.51. The van der Waals surface area contributed by atoms with Gasteiger partial charge in [-0.2, -0.15) is 29.4 Å². The molecule has 0 amide bonds. The van der Waals surface area contributed by atoms with Gasteiger partial charge in [0.05, 0.1) is 38.6 Å². The smallest absolute Gasteiger partial charge is 0.399 e. The van der Waals surface area contributed by atoms with E-state index in [1.165, 1.54) is 87.7 Å². The maximum Gasteiger partial charge on any atom is 0.496 e. The van der Waals surface area contributed by atoms with Crippen LogP contribution in [-0.2, 0) is 42.4 Å². The summed E-state index contributed by atoms with van der Waals surface area (Å²) in [6, 6.07) is 21.2. The number of hydrogen-bond donors (Lipinski definition) is 0. The highest BCUT2D eigenvalue weighted by Crippen LogP contribution is 2.50. The first kappa shape index (κ1) is 78.1. The molecule has 13 rings (SSSR count). The van der Waals surface area contributed by atoms with Crippen LogP contribution in [0.2, 0.25) is 103 Å². The fourth-order valence-electron chi connectivity index (χ4n) is 14.5. The first-order valence-corrected chi connectivity index (χ1v) is 53.6. The number of rotatable bonds is 28. The number of halogens is 1. The summed E-state index contributed by atoms with van der Waals surface area (Å²) >= 11 is 2.37. The lowest BCUT2D eigenvalue weighted by atomic mass is 9.79. The van der Waals surface area contributed by atoms with Crippen molar-refractivity contribution in [2.45, 2.75) is 218 Å². The average molecular weight is 1570 g/mol. The molecule has 4 bridgehead atoms. The Morgan fingerprint density at radius 3 is 1.25 bits per heavy atom. The van der Waals surface area contributed by atoms with E-state index in [0.717, 1.165) is 128 Å². The Hall–Kier alpha value is -5.02. The molecule has 8 aromatic heterocycles. The molecular formula is C76H118BIN14O6Si4. The van der Waals surface area contributed by atoms with E-state index in [0.29, 0.717) is 38.8 Å². The minimum Gasteiger partial charge on any atom is -0.399 e. The van der Waals surface area contributed by atoms with Crippen LogP contribution in [0.15, 0.2) is 85.7 Å². The molecule has 0 aromatic carbocycles. The third-order valence-corrected chi connectivity index (χ3v) is 29.0. The van der Waals surface area contributed by atoms with Gasteiger partial charge in [-0.1, -0.05) is 116 Å². The number of aromatic nitrogens is 12. The molecule has 26 heteroatoms. The molecule has 1 saturated heterocycles. The van der Waals surface area contributed by atoms with Crippen molar-refractivity contribution in [3.8, 4) is 33.9 Å². The van der Waals surface area contributed by atoms with Gasteiger partial charge in [-0.15, -0.1) is 0 Å². The van der Waals surface area contributed by atoms with Crippen molar-refractivity contribution in [2.24, 2.45) is 37.8 Å². The molecule has 20 nitrogen and oxygen atoms in total. The molecule has 0 spiro atoms. The predicted octanol–water partition coefficient (Wildman–Crippen LogP) is 16.8. The maximum atomic E-state index is 6.36. The lowest BCUT2D eigenvalue weighted by Crippen LogP contribution is -2.41. The van der Waals surface area contributed by atoms with Crippen molar-refractivity contribution >= 4 is 90.4 Å². The summed E-state index contributed by atoms with van der Waals surface area (Å²) in [5.74, 6) is 6.47. The van der Waals surface area contributed by atoms with Gasteiger partial charge >= 0.3 is 7.12 Å². The molecule has 5 aliphatic rings. The monoisotopic (exact) mass is 1570 g/mol. The zero-order valence-electron chi connectivity index (χ0n) is 64.8. The van der Waals surface area contributed by atoms with E-state index >= 15 is 0 Å². The van der Waals surface area contributed by atoms with Crippen LogP contribution >= 0.6 is 22.6 Å². The Morgan fingerprint density at radius 1 is 0.490 bits per heavy atom. The number of nitrogens with zero attached hydrogens (tertiary/aromatic N) is 14. The zero-order valence-corrected chi connectivity index (χ0v) is 70.9. The summed E-state index contributed by atoms with van der Waals surface area (Å²) in [6.07, 6.45) is 24.8. The Labute approximate surface area is 626 Å². The normalized spacial score (nSPS) is 21.0. The Bertz CT molecular complexity index is 3950. The molecule has 6 atom stereocenters. The highest BCUT2D eigenvalue weighted by atomic mass is 127. The second-order valence-corrected chi connectivity index (χ2v) is 59.4. The predicted molar refractivity (Wildman–Crippen MR) is 433 cm³/mol. The molecule has 5 fully saturated rings. The summed E-state index contributed by atoms with van der Waals surface area (Å²) < 4.78 is 45.9. The first-order valence-electron chi connectivity index (χ1n) is 37.7. The molecule has 0 radical (unpaired) electrons. The van der Waals surface area contributed by atoms with E-state index in [1.54, 1.807) is 15.6 Å². The van der Waals surface area contributed by atoms with Crippen LogP contribution in [0.25, 0.3) is 45.2 Å². The standard InChI is InChI=1S/C35H53N7O2Si2.C26H45IN4O2Si2.C15H20BN3O2/c1-40-13-12-32(39-40)31-11-10-28(22-36-31)30-23-37-42-34(21-33(38-35(30)42)29-19-26-8-9-27(18-26)20-29)41(24-43-14-16-45(2,3)4)25-44-15-17-46(5,6)7;1-34(2,3)11-9-32-18-30(19-33-10-12-35(4,5)6)25-16-24(29-26-23(27)17-28-31(25)26)22-14-20-7-8-21(13-20)15-22;1-14(2)15(3,4)21-16(20-14)11-6-7-12(17-10-11)13-8-9-19(5)18-13/h10-13,21-23,26-27,29H,8-9,14-20,24-25H2,1-7H3;16-17,20-22H,7-15,18-19H2,1-6H3;6-10H,1-5H3/t26-,27+,29?;20-,21+,22?;. The fourth-order valence-corrected chi connectivity index (χ4v) is 18.0. The minimum absolute atomic E-state index is 0.336. The van der Waals surface area contributed by atoms with E-state index < -0.39 is 32.3 Å². The minimum atomic E-state index is -1.21. The molecule has 102 heavy (non-hydrogen) atoms. The van der Waals surface area contributed by atoms with Gasteiger partial charge in [0.25, 0.3) is 0 Å². The molecule has 9 heterocycles. The summed E-state index contributed by atoms with van der Waals surface area (Å²) in [6.45, 7) is 42.0. The van der Waals surface area contributed by atoms with Crippen LogP contribution in [0.5, 0.6) is 0 Å². The molecule has 2 unspecified atom stereocenters. The van der Waals surface area contributed by atoms with Crippen LogP contribution in [0, 0.1) is 27.2 Å². The van der Waals surface area contributed by atoms with Gasteiger partial charge in [-0.3, -0.25) is 19.3 Å². The molecule has 4 saturated carbocycles. The van der Waals surface area contributed by atoms with Gasteiger partial charge in [0, 0.05) is 150 Å². The van der Waals surface area contributed by atoms with Gasteiger partial charge in [0.15, 0.2) is 11.3 Å². The van der Waals surface area contributed by atoms with Crippen molar-refractivity contribution in [1.82, 2.24) is 58.7 Å². The number of ether oxygens (including phenoxy) is 4. The number of pyridine rings is 2. The summed E-state index contributed by atoms with van der Waals surface area (Å²) in [7, 11) is -1.26. The fraction of sp³-hybridized carbons (Fsp3) is 0.632. The van der Waals surface area contributed by atoms with Gasteiger partial charge in [-0.05, 0) is 161 Å². The lowest BCUT2D eigenvalue weighted by molar-refractivity contribution is 0.00578. The van der Waals surface area contributed by atoms with Crippen molar-refractivity contribution in [3.05, 3.63) is 101 Å². The molecule has 0 N–H and O–H groups in total. The van der Waals surface area contributed by atoms with Crippen LogP contribution in [0.3, 0.4) is 0 Å². The second-order valence-electron chi connectivity index (χ2n) is 35.7. The maximum absolute atomic E-state index is 6.36. The third kappa shape index (κ3) is 21.0. The summed E-state index contributed by atoms with van der Waals surface area (Å²) in [4.78, 5) is 24.2. The van der Waals surface area contributed by atoms with Gasteiger partial charge in [-0.25, -0.2) is 9.97 Å². The van der Waals surface area contributed by atoms with Gasteiger partial charge in [0.1, 0.15) is 49.9 Å². The van der Waals surface area contributed by atoms with Crippen LogP contribution in [0.4, 0.5) is 11.6 Å². The lowest BCUT2D eigenvalue weighted by Gasteiger charge is -2.32. The molecular weight excluding hydrogens is 1450 g/mol. The molecule has 1 aliphatic heterocycles. The Kier molecular flexibility index (Phi) is 25.3. The van der Waals surface area contributed by atoms with E-state index in [-0.39, 0.29) is 18.3 Å². The van der Waals surface area contributed by atoms with E-state index in [9.17, 15) is 0 Å². The number of fused-ring (bicyclic) bond motifs is 6. The van der Waals surface area contributed by atoms with Crippen LogP contribution in [-0.4, -0.2) is 163 Å². The Balaban J connectivity index is 0.000000164. The van der Waals surface area contributed by atoms with E-state index in [1.807, 2.05) is 112 Å². The Morgan fingerprint density at radius 2 is 0.882 bits per heavy atom. The molecule has 8 aromatic rings. The highest BCUT2D eigenvalue weighted by Gasteiger charge is 2.52. The van der Waals surface area contributed by atoms with Crippen LogP contribution < -0.4 is 15.3 Å². The number of aryl methyl sites for hydroxylation is 2. The summed E-state index contributed by atoms with van der Waals surface area (Å²) in [5.41, 5.74) is 9.89. The van der Waals surface area contributed by atoms with Crippen LogP contribution in [0.1, 0.15) is 115 Å². The topological polar surface area (TPSA) is 184 Å². The number of anilines is 2. The SMILES string of the molecule is C[Si](C)(C)CCOCN(COCC[Si](C)(C)C)c1cc(C2C[C@H]3CC[C@@H](C2)C3)nc2c(I)cnn12.Cn1ccc(-c2ccc(-c3cnn4c(N(COCC[Si](C)(C)C)COCC[Si](C)(C)C)cc(C5C[C@H]6CC[C@@H](C5)C6)nc34)cn2)n1.Cn1ccc(-c2ccc(B3OC(C)(C)C(C)(C)O3)cn2)n1. The van der Waals surface area contributed by atoms with Gasteiger partial charge in [0.2, 0.25) is 0 Å². The van der Waals surface area contributed by atoms with Crippen molar-refractivity contribution < 1.29 is 28.3 Å². The van der Waals surface area contributed by atoms with E-state index in [2.05, 4.69) is 144 Å². The van der Waals surface area contributed by atoms with E-state index in [4.69, 9.17) is 53.4 Å².